The Balaban J connectivity index is -0.000000340. The van der Waals surface area contributed by atoms with Crippen LogP contribution in [0.4, 0.5) is 0 Å². The fraction of sp³-hybridized carbons (Fsp3) is 0.867. The molecule has 0 aliphatic carbocycles. The van der Waals surface area contributed by atoms with Crippen molar-refractivity contribution < 1.29 is 0 Å². The predicted octanol–water partition coefficient (Wildman–Crippen LogP) is 5.67. The standard InChI is InChI=1S/C11H25Si.C4H9.Mg/c1-7-8-9-10-12(5,6)11(2,3)4;1-3-4-2;/h10H,7-9H2,1-6H3;1,3-4H2,2H3;/q2*-1;+2. The molecule has 0 N–H and O–H groups in total. The second kappa shape index (κ2) is 12.0. The Morgan fingerprint density at radius 3 is 1.71 bits per heavy atom. The molecule has 0 aromatic carbocycles. The Kier molecular flexibility index (Phi) is 16.4. The molecule has 0 aliphatic rings. The molecule has 0 heterocycles. The molecule has 0 fully saturated rings. The summed E-state index contributed by atoms with van der Waals surface area (Å²) in [6, 6.07) is 2.62. The summed E-state index contributed by atoms with van der Waals surface area (Å²) in [5, 5.41) is 0.529. The molecule has 0 nitrogen and oxygen atoms in total. The summed E-state index contributed by atoms with van der Waals surface area (Å²) in [4.78, 5) is 0. The van der Waals surface area contributed by atoms with Gasteiger partial charge in [-0.25, -0.2) is 0 Å². The molecule has 0 saturated carbocycles. The van der Waals surface area contributed by atoms with Gasteiger partial charge in [-0.3, -0.25) is 0 Å². The van der Waals surface area contributed by atoms with Crippen molar-refractivity contribution in [3.05, 3.63) is 13.0 Å². The van der Waals surface area contributed by atoms with Gasteiger partial charge in [0.2, 0.25) is 0 Å². The van der Waals surface area contributed by atoms with Crippen molar-refractivity contribution in [2.75, 3.05) is 0 Å². The first-order chi connectivity index (χ1) is 7.22. The van der Waals surface area contributed by atoms with Crippen molar-refractivity contribution in [3.8, 4) is 0 Å². The van der Waals surface area contributed by atoms with Crippen molar-refractivity contribution in [1.82, 2.24) is 0 Å². The molecule has 0 rings (SSSR count). The second-order valence-corrected chi connectivity index (χ2v) is 11.5. The van der Waals surface area contributed by atoms with E-state index >= 15 is 0 Å². The van der Waals surface area contributed by atoms with Gasteiger partial charge in [0, 0.05) is 0 Å². The van der Waals surface area contributed by atoms with Gasteiger partial charge in [-0.05, 0) is 0 Å². The molecule has 0 saturated heterocycles. The summed E-state index contributed by atoms with van der Waals surface area (Å²) < 4.78 is 0. The van der Waals surface area contributed by atoms with E-state index in [2.05, 4.69) is 60.7 Å². The van der Waals surface area contributed by atoms with Gasteiger partial charge in [0.05, 0.1) is 0 Å². The van der Waals surface area contributed by atoms with Gasteiger partial charge in [0.15, 0.2) is 0 Å². The molecule has 2 heteroatoms. The van der Waals surface area contributed by atoms with Crippen LogP contribution in [0.15, 0.2) is 0 Å². The monoisotopic (exact) mass is 266 g/mol. The van der Waals surface area contributed by atoms with Crippen LogP contribution < -0.4 is 0 Å². The van der Waals surface area contributed by atoms with Gasteiger partial charge >= 0.3 is 23.1 Å². The first kappa shape index (κ1) is 23.1. The van der Waals surface area contributed by atoms with Crippen LogP contribution in [0, 0.1) is 13.0 Å². The maximum atomic E-state index is 3.60. The third-order valence-corrected chi connectivity index (χ3v) is 8.67. The molecular formula is C15H34MgSi. The van der Waals surface area contributed by atoms with E-state index in [1.54, 1.807) is 0 Å². The zero-order valence-electron chi connectivity index (χ0n) is 13.5. The fourth-order valence-corrected chi connectivity index (χ4v) is 2.51. The van der Waals surface area contributed by atoms with Crippen molar-refractivity contribution >= 4 is 31.1 Å². The largest absolute Gasteiger partial charge is 2.00 e. The predicted molar refractivity (Wildman–Crippen MR) is 87.0 cm³/mol. The molecule has 0 unspecified atom stereocenters. The van der Waals surface area contributed by atoms with E-state index in [-0.39, 0.29) is 23.1 Å². The van der Waals surface area contributed by atoms with Gasteiger partial charge in [-0.15, -0.1) is 0 Å². The molecule has 0 aliphatic heterocycles. The molecule has 0 atom stereocenters. The van der Waals surface area contributed by atoms with Crippen LogP contribution in [0.5, 0.6) is 0 Å². The average Bonchev–Trinajstić information content (AvgIpc) is 2.17. The topological polar surface area (TPSA) is 0 Å². The average molecular weight is 267 g/mol. The third kappa shape index (κ3) is 13.2. The minimum absolute atomic E-state index is 0. The molecular weight excluding hydrogens is 233 g/mol. The zero-order chi connectivity index (χ0) is 13.2. The van der Waals surface area contributed by atoms with Gasteiger partial charge in [-0.1, -0.05) is 80.1 Å². The van der Waals surface area contributed by atoms with Crippen LogP contribution in [0.3, 0.4) is 0 Å². The number of hydrogen-bond donors (Lipinski definition) is 0. The molecule has 0 radical (unpaired) electrons. The maximum absolute atomic E-state index is 3.60. The fourth-order valence-electron chi connectivity index (χ4n) is 0.973. The Morgan fingerprint density at radius 2 is 1.47 bits per heavy atom. The van der Waals surface area contributed by atoms with Crippen molar-refractivity contribution in [2.45, 2.75) is 84.9 Å². The second-order valence-electron chi connectivity index (χ2n) is 6.17. The van der Waals surface area contributed by atoms with Gasteiger partial charge in [0.25, 0.3) is 0 Å². The first-order valence-electron chi connectivity index (χ1n) is 6.86. The quantitative estimate of drug-likeness (QED) is 0.342. The summed E-state index contributed by atoms with van der Waals surface area (Å²) in [6.07, 6.45) is 6.30. The number of rotatable bonds is 5. The summed E-state index contributed by atoms with van der Waals surface area (Å²) >= 11 is 0. The molecule has 0 aromatic heterocycles. The van der Waals surface area contributed by atoms with Crippen molar-refractivity contribution in [3.63, 3.8) is 0 Å². The Hall–Kier alpha value is 0.983. The van der Waals surface area contributed by atoms with E-state index in [1.165, 1.54) is 25.7 Å². The maximum Gasteiger partial charge on any atom is 2.00 e. The summed E-state index contributed by atoms with van der Waals surface area (Å²) in [5.41, 5.74) is 0. The molecule has 0 bridgehead atoms. The van der Waals surface area contributed by atoms with E-state index in [9.17, 15) is 0 Å². The number of unbranched alkanes of at least 4 members (excludes halogenated alkanes) is 3. The van der Waals surface area contributed by atoms with E-state index in [0.717, 1.165) is 6.42 Å². The minimum Gasteiger partial charge on any atom is -0.343 e. The molecule has 0 aromatic rings. The summed E-state index contributed by atoms with van der Waals surface area (Å²) in [7, 11) is -1.07. The summed E-state index contributed by atoms with van der Waals surface area (Å²) in [6.45, 7) is 20.1. The van der Waals surface area contributed by atoms with Gasteiger partial charge in [-0.2, -0.15) is 12.8 Å². The first-order valence-corrected chi connectivity index (χ1v) is 9.94. The van der Waals surface area contributed by atoms with Crippen molar-refractivity contribution in [1.29, 1.82) is 0 Å². The molecule has 0 amide bonds. The van der Waals surface area contributed by atoms with Crippen molar-refractivity contribution in [2.24, 2.45) is 0 Å². The summed E-state index contributed by atoms with van der Waals surface area (Å²) in [5.74, 6) is 0. The van der Waals surface area contributed by atoms with Crippen LogP contribution in [0.1, 0.15) is 66.7 Å². The Morgan fingerprint density at radius 1 is 1.06 bits per heavy atom. The van der Waals surface area contributed by atoms with Gasteiger partial charge < -0.3 is 13.0 Å². The molecule has 0 spiro atoms. The van der Waals surface area contributed by atoms with Crippen LogP contribution in [-0.2, 0) is 0 Å². The van der Waals surface area contributed by atoms with Crippen LogP contribution in [-0.4, -0.2) is 31.1 Å². The van der Waals surface area contributed by atoms with Gasteiger partial charge in [0.1, 0.15) is 0 Å². The Labute approximate surface area is 129 Å². The number of hydrogen-bond acceptors (Lipinski definition) is 0. The minimum atomic E-state index is -1.07. The molecule has 100 valence electrons. The van der Waals surface area contributed by atoms with E-state index < -0.39 is 8.07 Å². The van der Waals surface area contributed by atoms with E-state index in [1.807, 2.05) is 0 Å². The smallest absolute Gasteiger partial charge is 0.343 e. The third-order valence-electron chi connectivity index (χ3n) is 3.50. The van der Waals surface area contributed by atoms with Crippen LogP contribution >= 0.6 is 0 Å². The SMILES string of the molecule is CCCC[CH-][Si](C)(C)C(C)(C)C.[CH2-]CCC.[Mg+2]. The normalized spacial score (nSPS) is 11.3. The molecule has 17 heavy (non-hydrogen) atoms. The van der Waals surface area contributed by atoms with E-state index in [0.29, 0.717) is 5.04 Å². The Bertz CT molecular complexity index is 145. The van der Waals surface area contributed by atoms with Crippen LogP contribution in [0.25, 0.3) is 0 Å². The van der Waals surface area contributed by atoms with Crippen LogP contribution in [0.2, 0.25) is 18.1 Å². The van der Waals surface area contributed by atoms with E-state index in [4.69, 9.17) is 0 Å². The zero-order valence-corrected chi connectivity index (χ0v) is 15.9.